The second kappa shape index (κ2) is 7.99. The second-order valence-electron chi connectivity index (χ2n) is 6.84. The summed E-state index contributed by atoms with van der Waals surface area (Å²) < 4.78 is 1.73. The lowest BCUT2D eigenvalue weighted by atomic mass is 9.86. The van der Waals surface area contributed by atoms with Crippen molar-refractivity contribution in [1.82, 2.24) is 25.5 Å². The summed E-state index contributed by atoms with van der Waals surface area (Å²) in [6.45, 7) is 6.30. The van der Waals surface area contributed by atoms with Crippen molar-refractivity contribution in [1.29, 1.82) is 0 Å². The molecule has 2 atom stereocenters. The number of aromatic nitrogens is 4. The molecule has 134 valence electrons. The summed E-state index contributed by atoms with van der Waals surface area (Å²) >= 11 is 1.38. The third-order valence-corrected chi connectivity index (χ3v) is 5.80. The zero-order chi connectivity index (χ0) is 17.8. The van der Waals surface area contributed by atoms with Crippen LogP contribution in [0, 0.1) is 19.8 Å². The molecule has 25 heavy (non-hydrogen) atoms. The molecule has 3 rings (SSSR count). The van der Waals surface area contributed by atoms with Gasteiger partial charge in [0.15, 0.2) is 0 Å². The maximum Gasteiger partial charge on any atom is 0.230 e. The number of para-hydroxylation sites is 1. The maximum absolute atomic E-state index is 12.3. The summed E-state index contributed by atoms with van der Waals surface area (Å²) in [5.74, 6) is 0.941. The minimum Gasteiger partial charge on any atom is -0.352 e. The molecule has 0 aliphatic heterocycles. The monoisotopic (exact) mass is 359 g/mol. The van der Waals surface area contributed by atoms with Crippen molar-refractivity contribution in [2.45, 2.75) is 57.7 Å². The number of amides is 1. The highest BCUT2D eigenvalue weighted by molar-refractivity contribution is 7.99. The molecule has 0 saturated heterocycles. The first-order valence-electron chi connectivity index (χ1n) is 8.83. The number of carbonyl (C=O) groups excluding carboxylic acids is 1. The average molecular weight is 359 g/mol. The van der Waals surface area contributed by atoms with Crippen molar-refractivity contribution >= 4 is 17.7 Å². The van der Waals surface area contributed by atoms with E-state index in [2.05, 4.69) is 27.8 Å². The lowest BCUT2D eigenvalue weighted by Crippen LogP contribution is -2.41. The zero-order valence-electron chi connectivity index (χ0n) is 15.0. The quantitative estimate of drug-likeness (QED) is 0.831. The van der Waals surface area contributed by atoms with Gasteiger partial charge in [0.1, 0.15) is 0 Å². The third kappa shape index (κ3) is 4.21. The van der Waals surface area contributed by atoms with Gasteiger partial charge >= 0.3 is 0 Å². The molecule has 1 aliphatic rings. The first-order chi connectivity index (χ1) is 12.1. The van der Waals surface area contributed by atoms with E-state index in [0.717, 1.165) is 23.2 Å². The Kier molecular flexibility index (Phi) is 5.73. The van der Waals surface area contributed by atoms with Gasteiger partial charge in [-0.3, -0.25) is 4.79 Å². The minimum absolute atomic E-state index is 0.0554. The number of hydrogen-bond donors (Lipinski definition) is 1. The van der Waals surface area contributed by atoms with Crippen LogP contribution in [0.4, 0.5) is 0 Å². The van der Waals surface area contributed by atoms with Crippen LogP contribution in [-0.4, -0.2) is 37.9 Å². The highest BCUT2D eigenvalue weighted by Crippen LogP contribution is 2.25. The molecular formula is C18H25N5OS. The van der Waals surface area contributed by atoms with Crippen LogP contribution in [0.1, 0.15) is 43.7 Å². The molecule has 1 saturated carbocycles. The van der Waals surface area contributed by atoms with Gasteiger partial charge < -0.3 is 5.32 Å². The van der Waals surface area contributed by atoms with Crippen LogP contribution < -0.4 is 5.32 Å². The Bertz CT molecular complexity index is 725. The van der Waals surface area contributed by atoms with E-state index in [1.165, 1.54) is 31.0 Å². The Morgan fingerprint density at radius 2 is 2.00 bits per heavy atom. The molecule has 2 aromatic rings. The maximum atomic E-state index is 12.3. The Labute approximate surface area is 152 Å². The fourth-order valence-corrected chi connectivity index (χ4v) is 4.15. The summed E-state index contributed by atoms with van der Waals surface area (Å²) in [5.41, 5.74) is 3.19. The lowest BCUT2D eigenvalue weighted by molar-refractivity contribution is -0.119. The van der Waals surface area contributed by atoms with Crippen molar-refractivity contribution in [2.24, 2.45) is 5.92 Å². The summed E-state index contributed by atoms with van der Waals surface area (Å²) in [7, 11) is 0. The normalized spacial score (nSPS) is 20.4. The molecule has 1 aromatic carbocycles. The Balaban J connectivity index is 1.65. The molecule has 1 aromatic heterocycles. The summed E-state index contributed by atoms with van der Waals surface area (Å²) in [5, 5.41) is 15.8. The molecule has 1 amide bonds. The van der Waals surface area contributed by atoms with E-state index in [4.69, 9.17) is 0 Å². The highest BCUT2D eigenvalue weighted by atomic mass is 32.2. The van der Waals surface area contributed by atoms with Crippen molar-refractivity contribution in [3.05, 3.63) is 29.3 Å². The van der Waals surface area contributed by atoms with Crippen LogP contribution >= 0.6 is 11.8 Å². The number of tetrazole rings is 1. The van der Waals surface area contributed by atoms with E-state index >= 15 is 0 Å². The van der Waals surface area contributed by atoms with Crippen LogP contribution in [0.25, 0.3) is 5.69 Å². The van der Waals surface area contributed by atoms with E-state index in [9.17, 15) is 4.79 Å². The van der Waals surface area contributed by atoms with Crippen molar-refractivity contribution < 1.29 is 4.79 Å². The summed E-state index contributed by atoms with van der Waals surface area (Å²) in [4.78, 5) is 12.3. The molecule has 7 heteroatoms. The SMILES string of the molecule is Cc1cccc(C)c1-n1nnnc1SCC(=O)N[C@@H]1CCCC[C@@H]1C. The Morgan fingerprint density at radius 1 is 1.28 bits per heavy atom. The van der Waals surface area contributed by atoms with Crippen LogP contribution in [0.15, 0.2) is 23.4 Å². The molecule has 6 nitrogen and oxygen atoms in total. The summed E-state index contributed by atoms with van der Waals surface area (Å²) in [6, 6.07) is 6.39. The number of aryl methyl sites for hydroxylation is 2. The van der Waals surface area contributed by atoms with Crippen LogP contribution in [0.3, 0.4) is 0 Å². The smallest absolute Gasteiger partial charge is 0.230 e. The van der Waals surface area contributed by atoms with Gasteiger partial charge in [0.25, 0.3) is 0 Å². The number of carbonyl (C=O) groups is 1. The number of thioether (sulfide) groups is 1. The Morgan fingerprint density at radius 3 is 2.72 bits per heavy atom. The van der Waals surface area contributed by atoms with Gasteiger partial charge in [-0.2, -0.15) is 4.68 Å². The van der Waals surface area contributed by atoms with E-state index in [1.54, 1.807) is 4.68 Å². The third-order valence-electron chi connectivity index (χ3n) is 4.88. The zero-order valence-corrected chi connectivity index (χ0v) is 15.8. The number of nitrogens with zero attached hydrogens (tertiary/aromatic N) is 4. The molecule has 0 unspecified atom stereocenters. The lowest BCUT2D eigenvalue weighted by Gasteiger charge is -2.29. The van der Waals surface area contributed by atoms with Gasteiger partial charge in [-0.25, -0.2) is 0 Å². The van der Waals surface area contributed by atoms with E-state index in [0.29, 0.717) is 22.9 Å². The largest absolute Gasteiger partial charge is 0.352 e. The van der Waals surface area contributed by atoms with Gasteiger partial charge in [-0.1, -0.05) is 49.7 Å². The number of nitrogens with one attached hydrogen (secondary N) is 1. The van der Waals surface area contributed by atoms with Gasteiger partial charge in [0.2, 0.25) is 11.1 Å². The standard InChI is InChI=1S/C18H25N5OS/c1-12-7-4-5-10-15(12)19-16(24)11-25-18-20-21-22-23(18)17-13(2)8-6-9-14(17)3/h6,8-9,12,15H,4-5,7,10-11H2,1-3H3,(H,19,24)/t12-,15+/m0/s1. The number of hydrogen-bond acceptors (Lipinski definition) is 5. The second-order valence-corrected chi connectivity index (χ2v) is 7.78. The molecule has 0 spiro atoms. The summed E-state index contributed by atoms with van der Waals surface area (Å²) in [6.07, 6.45) is 4.75. The van der Waals surface area contributed by atoms with Gasteiger partial charge in [0.05, 0.1) is 11.4 Å². The molecule has 1 aliphatic carbocycles. The van der Waals surface area contributed by atoms with Gasteiger partial charge in [-0.15, -0.1) is 5.10 Å². The molecule has 1 N–H and O–H groups in total. The molecule has 0 radical (unpaired) electrons. The minimum atomic E-state index is 0.0554. The molecule has 0 bridgehead atoms. The number of rotatable bonds is 5. The van der Waals surface area contributed by atoms with Gasteiger partial charge in [-0.05, 0) is 54.2 Å². The molecular weight excluding hydrogens is 334 g/mol. The van der Waals surface area contributed by atoms with Crippen LogP contribution in [0.5, 0.6) is 0 Å². The topological polar surface area (TPSA) is 72.7 Å². The first kappa shape index (κ1) is 17.9. The van der Waals surface area contributed by atoms with Crippen molar-refractivity contribution in [3.63, 3.8) is 0 Å². The molecule has 1 heterocycles. The van der Waals surface area contributed by atoms with E-state index in [-0.39, 0.29) is 5.91 Å². The van der Waals surface area contributed by atoms with Crippen molar-refractivity contribution in [2.75, 3.05) is 5.75 Å². The highest BCUT2D eigenvalue weighted by Gasteiger charge is 2.23. The average Bonchev–Trinajstić information content (AvgIpc) is 3.03. The van der Waals surface area contributed by atoms with Gasteiger partial charge in [0, 0.05) is 6.04 Å². The van der Waals surface area contributed by atoms with E-state index in [1.807, 2.05) is 32.0 Å². The fourth-order valence-electron chi connectivity index (χ4n) is 3.46. The number of benzene rings is 1. The molecule has 1 fully saturated rings. The predicted octanol–water partition coefficient (Wildman–Crippen LogP) is 3.07. The Hall–Kier alpha value is -1.89. The predicted molar refractivity (Wildman–Crippen MR) is 98.9 cm³/mol. The van der Waals surface area contributed by atoms with Crippen LogP contribution in [-0.2, 0) is 4.79 Å². The fraction of sp³-hybridized carbons (Fsp3) is 0.556. The van der Waals surface area contributed by atoms with Crippen LogP contribution in [0.2, 0.25) is 0 Å². The van der Waals surface area contributed by atoms with Crippen molar-refractivity contribution in [3.8, 4) is 5.69 Å². The van der Waals surface area contributed by atoms with E-state index < -0.39 is 0 Å². The first-order valence-corrected chi connectivity index (χ1v) is 9.82.